The first-order valence-electron chi connectivity index (χ1n) is 4.96. The van der Waals surface area contributed by atoms with Crippen molar-refractivity contribution < 1.29 is 19.7 Å². The normalized spacial score (nSPS) is 11.2. The molecule has 0 saturated carbocycles. The zero-order valence-electron chi connectivity index (χ0n) is 9.32. The highest BCUT2D eigenvalue weighted by atomic mass is 16.5. The Bertz CT molecular complexity index is 123. The molecule has 2 N–H and O–H groups in total. The fourth-order valence-electron chi connectivity index (χ4n) is 0.568. The molecular weight excluding hydrogens is 184 g/mol. The Morgan fingerprint density at radius 1 is 1.43 bits per heavy atom. The van der Waals surface area contributed by atoms with Crippen LogP contribution in [0.15, 0.2) is 0 Å². The second-order valence-electron chi connectivity index (χ2n) is 3.08. The number of aliphatic hydroxyl groups is 2. The predicted molar refractivity (Wildman–Crippen MR) is 54.9 cm³/mol. The molecule has 0 bridgehead atoms. The number of carbonyl (C=O) groups excluding carboxylic acids is 1. The molecule has 0 spiro atoms. The lowest BCUT2D eigenvalue weighted by molar-refractivity contribution is -0.141. The molecule has 0 aromatic heterocycles. The fraction of sp³-hybridized carbons (Fsp3) is 0.900. The summed E-state index contributed by atoms with van der Waals surface area (Å²) in [7, 11) is 0. The molecule has 0 fully saturated rings. The van der Waals surface area contributed by atoms with Gasteiger partial charge >= 0.3 is 5.97 Å². The number of unbranched alkanes of at least 4 members (excludes halogenated alkanes) is 2. The molecule has 0 heterocycles. The third kappa shape index (κ3) is 22.5. The average molecular weight is 206 g/mol. The summed E-state index contributed by atoms with van der Waals surface area (Å²) in [6.07, 6.45) is 2.75. The molecule has 1 unspecified atom stereocenters. The zero-order valence-corrected chi connectivity index (χ0v) is 9.32. The van der Waals surface area contributed by atoms with Crippen LogP contribution in [0.25, 0.3) is 0 Å². The minimum Gasteiger partial charge on any atom is -0.466 e. The maximum absolute atomic E-state index is 10.2. The summed E-state index contributed by atoms with van der Waals surface area (Å²) >= 11 is 0. The second kappa shape index (κ2) is 12.4. The van der Waals surface area contributed by atoms with Crippen LogP contribution in [0.4, 0.5) is 0 Å². The Morgan fingerprint density at radius 3 is 2.21 bits per heavy atom. The molecule has 0 aliphatic heterocycles. The van der Waals surface area contributed by atoms with Crippen LogP contribution in [-0.4, -0.2) is 35.5 Å². The molecule has 0 saturated heterocycles. The van der Waals surface area contributed by atoms with E-state index in [2.05, 4.69) is 6.92 Å². The van der Waals surface area contributed by atoms with Crippen LogP contribution in [0, 0.1) is 0 Å². The fourth-order valence-corrected chi connectivity index (χ4v) is 0.568. The van der Waals surface area contributed by atoms with Crippen molar-refractivity contribution in [3.63, 3.8) is 0 Å². The molecular formula is C10H22O4. The number of esters is 1. The SMILES string of the molecule is CC(O)CO.CCCCCOC(C)=O. The van der Waals surface area contributed by atoms with Crippen LogP contribution in [0.2, 0.25) is 0 Å². The maximum Gasteiger partial charge on any atom is 0.302 e. The van der Waals surface area contributed by atoms with Crippen molar-refractivity contribution in [1.82, 2.24) is 0 Å². The van der Waals surface area contributed by atoms with Gasteiger partial charge < -0.3 is 14.9 Å². The first kappa shape index (κ1) is 15.8. The minimum absolute atomic E-state index is 0.139. The summed E-state index contributed by atoms with van der Waals surface area (Å²) in [6, 6.07) is 0. The lowest BCUT2D eigenvalue weighted by Crippen LogP contribution is -2.03. The van der Waals surface area contributed by atoms with Crippen molar-refractivity contribution in [1.29, 1.82) is 0 Å². The lowest BCUT2D eigenvalue weighted by atomic mass is 10.3. The zero-order chi connectivity index (χ0) is 11.4. The Labute approximate surface area is 85.9 Å². The van der Waals surface area contributed by atoms with Gasteiger partial charge in [0.15, 0.2) is 0 Å². The molecule has 0 aliphatic rings. The van der Waals surface area contributed by atoms with E-state index in [0.29, 0.717) is 6.61 Å². The van der Waals surface area contributed by atoms with E-state index >= 15 is 0 Å². The molecule has 0 rings (SSSR count). The highest BCUT2D eigenvalue weighted by Crippen LogP contribution is 1.93. The molecule has 4 nitrogen and oxygen atoms in total. The van der Waals surface area contributed by atoms with Crippen molar-refractivity contribution in [2.24, 2.45) is 0 Å². The van der Waals surface area contributed by atoms with Gasteiger partial charge in [0.2, 0.25) is 0 Å². The molecule has 14 heavy (non-hydrogen) atoms. The topological polar surface area (TPSA) is 66.8 Å². The summed E-state index contributed by atoms with van der Waals surface area (Å²) in [6.45, 7) is 5.53. The highest BCUT2D eigenvalue weighted by molar-refractivity contribution is 5.65. The van der Waals surface area contributed by atoms with E-state index in [1.165, 1.54) is 20.3 Å². The van der Waals surface area contributed by atoms with Gasteiger partial charge in [0.05, 0.1) is 19.3 Å². The van der Waals surface area contributed by atoms with E-state index in [9.17, 15) is 4.79 Å². The first-order chi connectivity index (χ1) is 6.54. The van der Waals surface area contributed by atoms with E-state index < -0.39 is 6.10 Å². The number of aliphatic hydroxyl groups excluding tert-OH is 2. The third-order valence-electron chi connectivity index (χ3n) is 1.32. The van der Waals surface area contributed by atoms with E-state index in [0.717, 1.165) is 12.8 Å². The summed E-state index contributed by atoms with van der Waals surface area (Å²) in [5.74, 6) is -0.175. The molecule has 1 atom stereocenters. The summed E-state index contributed by atoms with van der Waals surface area (Å²) in [4.78, 5) is 10.2. The third-order valence-corrected chi connectivity index (χ3v) is 1.32. The smallest absolute Gasteiger partial charge is 0.302 e. The van der Waals surface area contributed by atoms with Gasteiger partial charge in [-0.25, -0.2) is 0 Å². The van der Waals surface area contributed by atoms with Gasteiger partial charge in [0.25, 0.3) is 0 Å². The number of hydrogen-bond donors (Lipinski definition) is 2. The van der Waals surface area contributed by atoms with Gasteiger partial charge in [-0.15, -0.1) is 0 Å². The largest absolute Gasteiger partial charge is 0.466 e. The Morgan fingerprint density at radius 2 is 1.93 bits per heavy atom. The van der Waals surface area contributed by atoms with Crippen LogP contribution < -0.4 is 0 Å². The van der Waals surface area contributed by atoms with Crippen LogP contribution in [0.5, 0.6) is 0 Å². The molecule has 0 amide bonds. The number of carbonyl (C=O) groups is 1. The van der Waals surface area contributed by atoms with Gasteiger partial charge in [-0.05, 0) is 13.3 Å². The molecule has 4 heteroatoms. The van der Waals surface area contributed by atoms with Crippen LogP contribution in [-0.2, 0) is 9.53 Å². The van der Waals surface area contributed by atoms with Crippen molar-refractivity contribution >= 4 is 5.97 Å². The molecule has 0 aliphatic carbocycles. The first-order valence-corrected chi connectivity index (χ1v) is 4.96. The maximum atomic E-state index is 10.2. The Balaban J connectivity index is 0. The van der Waals surface area contributed by atoms with Crippen LogP contribution in [0.3, 0.4) is 0 Å². The highest BCUT2D eigenvalue weighted by Gasteiger charge is 1.89. The van der Waals surface area contributed by atoms with Gasteiger partial charge in [-0.3, -0.25) is 4.79 Å². The van der Waals surface area contributed by atoms with E-state index in [1.54, 1.807) is 0 Å². The van der Waals surface area contributed by atoms with Gasteiger partial charge in [0, 0.05) is 6.92 Å². The number of ether oxygens (including phenoxy) is 1. The van der Waals surface area contributed by atoms with Gasteiger partial charge in [0.1, 0.15) is 0 Å². The van der Waals surface area contributed by atoms with E-state index in [1.807, 2.05) is 0 Å². The van der Waals surface area contributed by atoms with Crippen LogP contribution >= 0.6 is 0 Å². The predicted octanol–water partition coefficient (Wildman–Crippen LogP) is 1.10. The monoisotopic (exact) mass is 206 g/mol. The Kier molecular flexibility index (Phi) is 14.0. The van der Waals surface area contributed by atoms with Crippen molar-refractivity contribution in [3.05, 3.63) is 0 Å². The quantitative estimate of drug-likeness (QED) is 0.522. The molecule has 86 valence electrons. The minimum atomic E-state index is -0.560. The molecule has 0 aromatic rings. The number of rotatable bonds is 5. The van der Waals surface area contributed by atoms with Crippen molar-refractivity contribution in [2.75, 3.05) is 13.2 Å². The summed E-state index contributed by atoms with van der Waals surface area (Å²) in [5, 5.41) is 16.0. The van der Waals surface area contributed by atoms with E-state index in [4.69, 9.17) is 14.9 Å². The standard InChI is InChI=1S/C7H14O2.C3H8O2/c1-3-4-5-6-9-7(2)8;1-3(5)2-4/h3-6H2,1-2H3;3-5H,2H2,1H3. The van der Waals surface area contributed by atoms with Crippen molar-refractivity contribution in [3.8, 4) is 0 Å². The number of hydrogen-bond acceptors (Lipinski definition) is 4. The summed E-state index contributed by atoms with van der Waals surface area (Å²) < 4.78 is 4.70. The van der Waals surface area contributed by atoms with Gasteiger partial charge in [-0.2, -0.15) is 0 Å². The van der Waals surface area contributed by atoms with Crippen molar-refractivity contribution in [2.45, 2.75) is 46.1 Å². The lowest BCUT2D eigenvalue weighted by Gasteiger charge is -1.98. The molecule has 0 aromatic carbocycles. The van der Waals surface area contributed by atoms with Crippen LogP contribution in [0.1, 0.15) is 40.0 Å². The average Bonchev–Trinajstić information content (AvgIpc) is 2.13. The van der Waals surface area contributed by atoms with Gasteiger partial charge in [-0.1, -0.05) is 19.8 Å². The molecule has 0 radical (unpaired) electrons. The second-order valence-corrected chi connectivity index (χ2v) is 3.08. The summed E-state index contributed by atoms with van der Waals surface area (Å²) in [5.41, 5.74) is 0. The Hall–Kier alpha value is -0.610. The van der Waals surface area contributed by atoms with E-state index in [-0.39, 0.29) is 12.6 Å².